The van der Waals surface area contributed by atoms with Gasteiger partial charge in [-0.15, -0.1) is 0 Å². The molecule has 0 aliphatic rings. The molecule has 0 saturated carbocycles. The normalized spacial score (nSPS) is 11.2. The topological polar surface area (TPSA) is 78.9 Å². The van der Waals surface area contributed by atoms with Crippen LogP contribution in [0.4, 0.5) is 13.2 Å². The number of nitrogens with zero attached hydrogens (tertiary/aromatic N) is 3. The SMILES string of the molecule is Cc1c(C#N)cccc1-n1nc(C(F)(F)F)cc1C(=O)O. The fraction of sp³-hybridized carbons (Fsp3) is 0.154. The number of nitriles is 1. The molecule has 8 heteroatoms. The summed E-state index contributed by atoms with van der Waals surface area (Å²) in [6, 6.07) is 6.66. The van der Waals surface area contributed by atoms with Crippen molar-refractivity contribution in [2.45, 2.75) is 13.1 Å². The summed E-state index contributed by atoms with van der Waals surface area (Å²) in [6.07, 6.45) is -4.75. The maximum absolute atomic E-state index is 12.7. The lowest BCUT2D eigenvalue weighted by molar-refractivity contribution is -0.141. The molecule has 0 saturated heterocycles. The molecule has 1 aromatic heterocycles. The first-order chi connectivity index (χ1) is 9.75. The quantitative estimate of drug-likeness (QED) is 0.924. The lowest BCUT2D eigenvalue weighted by Gasteiger charge is -2.09. The van der Waals surface area contributed by atoms with Crippen LogP contribution in [-0.2, 0) is 6.18 Å². The molecule has 1 N–H and O–H groups in total. The van der Waals surface area contributed by atoms with Crippen LogP contribution in [-0.4, -0.2) is 20.9 Å². The van der Waals surface area contributed by atoms with Crippen molar-refractivity contribution in [3.8, 4) is 11.8 Å². The predicted molar refractivity (Wildman–Crippen MR) is 65.0 cm³/mol. The van der Waals surface area contributed by atoms with Crippen LogP contribution >= 0.6 is 0 Å². The highest BCUT2D eigenvalue weighted by atomic mass is 19.4. The summed E-state index contributed by atoms with van der Waals surface area (Å²) in [6.45, 7) is 1.51. The molecule has 0 bridgehead atoms. The molecule has 0 radical (unpaired) electrons. The van der Waals surface area contributed by atoms with Gasteiger partial charge in [-0.05, 0) is 24.6 Å². The van der Waals surface area contributed by atoms with Gasteiger partial charge in [0.2, 0.25) is 0 Å². The molecule has 2 aromatic rings. The maximum atomic E-state index is 12.7. The van der Waals surface area contributed by atoms with E-state index in [0.717, 1.165) is 0 Å². The summed E-state index contributed by atoms with van der Waals surface area (Å²) >= 11 is 0. The van der Waals surface area contributed by atoms with Gasteiger partial charge in [0.1, 0.15) is 0 Å². The second-order valence-corrected chi connectivity index (χ2v) is 4.19. The van der Waals surface area contributed by atoms with Crippen molar-refractivity contribution in [2.24, 2.45) is 0 Å². The van der Waals surface area contributed by atoms with Crippen molar-refractivity contribution in [3.05, 3.63) is 46.8 Å². The second-order valence-electron chi connectivity index (χ2n) is 4.19. The van der Waals surface area contributed by atoms with Crippen LogP contribution in [0.3, 0.4) is 0 Å². The van der Waals surface area contributed by atoms with Crippen LogP contribution in [0, 0.1) is 18.3 Å². The number of carbonyl (C=O) groups is 1. The third kappa shape index (κ3) is 2.58. The van der Waals surface area contributed by atoms with Gasteiger partial charge in [0.05, 0.1) is 17.3 Å². The van der Waals surface area contributed by atoms with E-state index in [4.69, 9.17) is 10.4 Å². The molecule has 0 aliphatic heterocycles. The number of alkyl halides is 3. The van der Waals surface area contributed by atoms with Crippen LogP contribution in [0.1, 0.15) is 27.3 Å². The Bertz CT molecular complexity index is 757. The molecule has 0 unspecified atom stereocenters. The second kappa shape index (κ2) is 4.94. The molecular formula is C13H8F3N3O2. The maximum Gasteiger partial charge on any atom is 0.435 e. The first-order valence-corrected chi connectivity index (χ1v) is 5.66. The number of halogens is 3. The molecule has 0 fully saturated rings. The van der Waals surface area contributed by atoms with Crippen molar-refractivity contribution < 1.29 is 23.1 Å². The number of benzene rings is 1. The van der Waals surface area contributed by atoms with E-state index in [-0.39, 0.29) is 11.3 Å². The summed E-state index contributed by atoms with van der Waals surface area (Å²) in [7, 11) is 0. The zero-order valence-electron chi connectivity index (χ0n) is 10.6. The molecule has 0 aliphatic carbocycles. The number of hydrogen-bond donors (Lipinski definition) is 1. The van der Waals surface area contributed by atoms with Crippen molar-refractivity contribution in [3.63, 3.8) is 0 Å². The minimum atomic E-state index is -4.75. The van der Waals surface area contributed by atoms with Gasteiger partial charge in [0, 0.05) is 6.07 Å². The molecule has 5 nitrogen and oxygen atoms in total. The average Bonchev–Trinajstić information content (AvgIpc) is 2.84. The first kappa shape index (κ1) is 14.6. The average molecular weight is 295 g/mol. The zero-order chi connectivity index (χ0) is 15.8. The molecular weight excluding hydrogens is 287 g/mol. The third-order valence-corrected chi connectivity index (χ3v) is 2.87. The lowest BCUT2D eigenvalue weighted by atomic mass is 10.1. The summed E-state index contributed by atoms with van der Waals surface area (Å²) in [5.74, 6) is -1.54. The Morgan fingerprint density at radius 1 is 1.43 bits per heavy atom. The number of carboxylic acid groups (broad SMARTS) is 1. The molecule has 108 valence electrons. The minimum Gasteiger partial charge on any atom is -0.477 e. The summed E-state index contributed by atoms with van der Waals surface area (Å²) in [5, 5.41) is 21.3. The van der Waals surface area contributed by atoms with Gasteiger partial charge in [-0.2, -0.15) is 23.5 Å². The van der Waals surface area contributed by atoms with E-state index in [2.05, 4.69) is 5.10 Å². The van der Waals surface area contributed by atoms with E-state index in [0.29, 0.717) is 16.3 Å². The van der Waals surface area contributed by atoms with Gasteiger partial charge >= 0.3 is 12.1 Å². The fourth-order valence-electron chi connectivity index (χ4n) is 1.83. The van der Waals surface area contributed by atoms with Crippen LogP contribution in [0.15, 0.2) is 24.3 Å². The first-order valence-electron chi connectivity index (χ1n) is 5.66. The molecule has 0 atom stereocenters. The summed E-state index contributed by atoms with van der Waals surface area (Å²) in [4.78, 5) is 11.1. The Kier molecular flexibility index (Phi) is 3.43. The van der Waals surface area contributed by atoms with Gasteiger partial charge in [-0.25, -0.2) is 9.48 Å². The van der Waals surface area contributed by atoms with Crippen molar-refractivity contribution in [2.75, 3.05) is 0 Å². The highest BCUT2D eigenvalue weighted by Gasteiger charge is 2.36. The Morgan fingerprint density at radius 2 is 2.10 bits per heavy atom. The van der Waals surface area contributed by atoms with Gasteiger partial charge < -0.3 is 5.11 Å². The number of aromatic nitrogens is 2. The van der Waals surface area contributed by atoms with E-state index in [1.54, 1.807) is 0 Å². The molecule has 2 rings (SSSR count). The number of rotatable bonds is 2. The lowest BCUT2D eigenvalue weighted by Crippen LogP contribution is -2.11. The monoisotopic (exact) mass is 295 g/mol. The standard InChI is InChI=1S/C13H8F3N3O2/c1-7-8(6-17)3-2-4-9(7)19-10(12(20)21)5-11(18-19)13(14,15)16/h2-5H,1H3,(H,20,21). The van der Waals surface area contributed by atoms with Crippen LogP contribution < -0.4 is 0 Å². The number of hydrogen-bond acceptors (Lipinski definition) is 3. The molecule has 0 amide bonds. The van der Waals surface area contributed by atoms with Crippen molar-refractivity contribution >= 4 is 5.97 Å². The Hall–Kier alpha value is -2.82. The van der Waals surface area contributed by atoms with E-state index in [9.17, 15) is 18.0 Å². The largest absolute Gasteiger partial charge is 0.477 e. The predicted octanol–water partition coefficient (Wildman–Crippen LogP) is 2.77. The smallest absolute Gasteiger partial charge is 0.435 e. The van der Waals surface area contributed by atoms with E-state index >= 15 is 0 Å². The van der Waals surface area contributed by atoms with Crippen molar-refractivity contribution in [1.29, 1.82) is 5.26 Å². The van der Waals surface area contributed by atoms with Crippen molar-refractivity contribution in [1.82, 2.24) is 9.78 Å². The van der Waals surface area contributed by atoms with Gasteiger partial charge in [0.25, 0.3) is 0 Å². The minimum absolute atomic E-state index is 0.113. The zero-order valence-corrected chi connectivity index (χ0v) is 10.6. The van der Waals surface area contributed by atoms with E-state index in [1.807, 2.05) is 6.07 Å². The van der Waals surface area contributed by atoms with Crippen LogP contribution in [0.25, 0.3) is 5.69 Å². The van der Waals surface area contributed by atoms with Gasteiger partial charge in [-0.3, -0.25) is 0 Å². The fourth-order valence-corrected chi connectivity index (χ4v) is 1.83. The van der Waals surface area contributed by atoms with Gasteiger partial charge in [-0.1, -0.05) is 6.07 Å². The van der Waals surface area contributed by atoms with Gasteiger partial charge in [0.15, 0.2) is 11.4 Å². The molecule has 1 aromatic carbocycles. The number of aromatic carboxylic acids is 1. The highest BCUT2D eigenvalue weighted by molar-refractivity contribution is 5.86. The Labute approximate surface area is 116 Å². The molecule has 1 heterocycles. The summed E-state index contributed by atoms with van der Waals surface area (Å²) < 4.78 is 38.7. The van der Waals surface area contributed by atoms with E-state index < -0.39 is 23.5 Å². The summed E-state index contributed by atoms with van der Waals surface area (Å²) in [5.41, 5.74) is -1.24. The highest BCUT2D eigenvalue weighted by Crippen LogP contribution is 2.30. The number of carboxylic acids is 1. The third-order valence-electron chi connectivity index (χ3n) is 2.87. The Balaban J connectivity index is 2.72. The Morgan fingerprint density at radius 3 is 2.62 bits per heavy atom. The molecule has 21 heavy (non-hydrogen) atoms. The van der Waals surface area contributed by atoms with Crippen LogP contribution in [0.2, 0.25) is 0 Å². The molecule has 0 spiro atoms. The van der Waals surface area contributed by atoms with E-state index in [1.165, 1.54) is 25.1 Å². The van der Waals surface area contributed by atoms with Crippen LogP contribution in [0.5, 0.6) is 0 Å².